The normalized spacial score (nSPS) is 20.8. The van der Waals surface area contributed by atoms with Crippen LogP contribution in [-0.2, 0) is 9.53 Å². The van der Waals surface area contributed by atoms with Gasteiger partial charge in [-0.2, -0.15) is 0 Å². The Bertz CT molecular complexity index is 727. The maximum absolute atomic E-state index is 12.6. The van der Waals surface area contributed by atoms with Crippen LogP contribution in [0.3, 0.4) is 0 Å². The van der Waals surface area contributed by atoms with E-state index in [4.69, 9.17) is 9.47 Å². The molecule has 0 saturated heterocycles. The lowest BCUT2D eigenvalue weighted by atomic mass is 9.94. The molecule has 1 saturated carbocycles. The minimum Gasteiger partial charge on any atom is -0.496 e. The largest absolute Gasteiger partial charge is 0.496 e. The van der Waals surface area contributed by atoms with Crippen LogP contribution < -0.4 is 10.1 Å². The summed E-state index contributed by atoms with van der Waals surface area (Å²) in [4.78, 5) is 26.7. The third-order valence-electron chi connectivity index (χ3n) is 4.35. The summed E-state index contributed by atoms with van der Waals surface area (Å²) < 4.78 is 11.2. The monoisotopic (exact) mass is 394 g/mol. The molecule has 0 spiro atoms. The first kappa shape index (κ1) is 16.8. The number of halogens is 1. The third kappa shape index (κ3) is 2.88. The molecule has 0 bridgehead atoms. The molecule has 1 aromatic rings. The van der Waals surface area contributed by atoms with Crippen LogP contribution in [0.1, 0.15) is 31.4 Å². The molecule has 1 aromatic carbocycles. The summed E-state index contributed by atoms with van der Waals surface area (Å²) in [5.41, 5.74) is 1.77. The van der Waals surface area contributed by atoms with Gasteiger partial charge in [-0.1, -0.05) is 15.9 Å². The minimum atomic E-state index is -0.618. The molecule has 7 heteroatoms. The van der Waals surface area contributed by atoms with E-state index >= 15 is 0 Å². The van der Waals surface area contributed by atoms with Gasteiger partial charge in [-0.15, -0.1) is 0 Å². The van der Waals surface area contributed by atoms with Gasteiger partial charge in [0, 0.05) is 21.8 Å². The Balaban J connectivity index is 2.14. The summed E-state index contributed by atoms with van der Waals surface area (Å²) in [6.45, 7) is 1.79. The molecule has 1 aliphatic heterocycles. The van der Waals surface area contributed by atoms with Crippen molar-refractivity contribution in [3.63, 3.8) is 0 Å². The second-order valence-electron chi connectivity index (χ2n) is 5.86. The topological polar surface area (TPSA) is 67.9 Å². The molecular weight excluding hydrogens is 376 g/mol. The highest BCUT2D eigenvalue weighted by molar-refractivity contribution is 9.10. The van der Waals surface area contributed by atoms with Crippen LogP contribution in [0.5, 0.6) is 5.75 Å². The van der Waals surface area contributed by atoms with Crippen molar-refractivity contribution in [3.8, 4) is 5.75 Å². The second kappa shape index (κ2) is 6.47. The number of esters is 1. The number of rotatable bonds is 4. The van der Waals surface area contributed by atoms with E-state index in [1.54, 1.807) is 25.0 Å². The van der Waals surface area contributed by atoms with Gasteiger partial charge < -0.3 is 14.8 Å². The molecule has 1 N–H and O–H groups in total. The molecule has 0 radical (unpaired) electrons. The number of nitrogens with one attached hydrogen (secondary N) is 1. The molecule has 1 heterocycles. The predicted octanol–water partition coefficient (Wildman–Crippen LogP) is 3.13. The number of hydrogen-bond acceptors (Lipinski definition) is 4. The third-order valence-corrected chi connectivity index (χ3v) is 4.84. The van der Waals surface area contributed by atoms with Gasteiger partial charge in [-0.05, 0) is 38.0 Å². The summed E-state index contributed by atoms with van der Waals surface area (Å²) in [5, 5.41) is 2.93. The van der Waals surface area contributed by atoms with Gasteiger partial charge in [0.15, 0.2) is 0 Å². The van der Waals surface area contributed by atoms with Crippen molar-refractivity contribution < 1.29 is 19.1 Å². The van der Waals surface area contributed by atoms with Crippen molar-refractivity contribution in [1.29, 1.82) is 0 Å². The number of nitrogens with zero attached hydrogens (tertiary/aromatic N) is 1. The van der Waals surface area contributed by atoms with Crippen molar-refractivity contribution in [3.05, 3.63) is 39.5 Å². The van der Waals surface area contributed by atoms with Crippen LogP contribution in [0.25, 0.3) is 0 Å². The highest BCUT2D eigenvalue weighted by Gasteiger charge is 2.43. The number of methoxy groups -OCH3 is 2. The zero-order valence-corrected chi connectivity index (χ0v) is 15.3. The van der Waals surface area contributed by atoms with Crippen LogP contribution in [0.4, 0.5) is 4.79 Å². The Labute approximate surface area is 148 Å². The van der Waals surface area contributed by atoms with Crippen LogP contribution in [0, 0.1) is 0 Å². The lowest BCUT2D eigenvalue weighted by Gasteiger charge is -2.35. The minimum absolute atomic E-state index is 0.162. The van der Waals surface area contributed by atoms with Gasteiger partial charge in [-0.25, -0.2) is 9.59 Å². The van der Waals surface area contributed by atoms with E-state index in [1.807, 2.05) is 12.1 Å². The van der Waals surface area contributed by atoms with E-state index in [1.165, 1.54) is 7.11 Å². The molecule has 6 nitrogen and oxygen atoms in total. The van der Waals surface area contributed by atoms with Gasteiger partial charge in [-0.3, -0.25) is 4.90 Å². The van der Waals surface area contributed by atoms with Gasteiger partial charge >= 0.3 is 12.0 Å². The summed E-state index contributed by atoms with van der Waals surface area (Å²) >= 11 is 3.43. The van der Waals surface area contributed by atoms with Crippen molar-refractivity contribution >= 4 is 27.9 Å². The number of carbonyl (C=O) groups excluding carboxylic acids is 2. The zero-order valence-electron chi connectivity index (χ0n) is 13.8. The lowest BCUT2D eigenvalue weighted by Crippen LogP contribution is -2.48. The smallest absolute Gasteiger partial charge is 0.337 e. The summed E-state index contributed by atoms with van der Waals surface area (Å²) in [7, 11) is 2.90. The average Bonchev–Trinajstić information content (AvgIpc) is 3.38. The number of hydrogen-bond donors (Lipinski definition) is 1. The Morgan fingerprint density at radius 1 is 1.33 bits per heavy atom. The van der Waals surface area contributed by atoms with Crippen molar-refractivity contribution in [2.75, 3.05) is 14.2 Å². The van der Waals surface area contributed by atoms with Crippen LogP contribution in [0.15, 0.2) is 33.9 Å². The number of allylic oxidation sites excluding steroid dienone is 1. The van der Waals surface area contributed by atoms with E-state index in [0.717, 1.165) is 17.3 Å². The van der Waals surface area contributed by atoms with E-state index in [9.17, 15) is 9.59 Å². The van der Waals surface area contributed by atoms with Gasteiger partial charge in [0.2, 0.25) is 0 Å². The number of benzene rings is 1. The number of carbonyl (C=O) groups is 2. The standard InChI is InChI=1S/C17H19BrN2O4/c1-9-14(16(21)24-3)15(19-17(22)20(9)11-5-6-11)12-8-10(18)4-7-13(12)23-2/h4,7-8,11,15H,5-6H2,1-3H3,(H,19,22)/t15-/m1/s1. The molecule has 2 amide bonds. The van der Waals surface area contributed by atoms with Crippen molar-refractivity contribution in [2.24, 2.45) is 0 Å². The Morgan fingerprint density at radius 3 is 2.62 bits per heavy atom. The molecule has 1 aliphatic carbocycles. The van der Waals surface area contributed by atoms with Crippen molar-refractivity contribution in [1.82, 2.24) is 10.2 Å². The zero-order chi connectivity index (χ0) is 17.4. The van der Waals surface area contributed by atoms with E-state index in [2.05, 4.69) is 21.2 Å². The first-order valence-electron chi connectivity index (χ1n) is 7.70. The van der Waals surface area contributed by atoms with E-state index in [-0.39, 0.29) is 12.1 Å². The highest BCUT2D eigenvalue weighted by atomic mass is 79.9. The number of ether oxygens (including phenoxy) is 2. The molecular formula is C17H19BrN2O4. The first-order valence-corrected chi connectivity index (χ1v) is 8.49. The predicted molar refractivity (Wildman–Crippen MR) is 91.5 cm³/mol. The van der Waals surface area contributed by atoms with Gasteiger partial charge in [0.05, 0.1) is 25.8 Å². The molecule has 1 fully saturated rings. The van der Waals surface area contributed by atoms with E-state index in [0.29, 0.717) is 22.6 Å². The Hall–Kier alpha value is -2.02. The fraction of sp³-hybridized carbons (Fsp3) is 0.412. The maximum atomic E-state index is 12.6. The first-order chi connectivity index (χ1) is 11.5. The van der Waals surface area contributed by atoms with E-state index < -0.39 is 12.0 Å². The maximum Gasteiger partial charge on any atom is 0.337 e. The SMILES string of the molecule is COC(=O)C1=C(C)N(C2CC2)C(=O)N[C@@H]1c1cc(Br)ccc1OC. The van der Waals surface area contributed by atoms with Crippen LogP contribution >= 0.6 is 15.9 Å². The quantitative estimate of drug-likeness (QED) is 0.796. The Morgan fingerprint density at radius 2 is 2.04 bits per heavy atom. The molecule has 128 valence electrons. The summed E-state index contributed by atoms with van der Waals surface area (Å²) in [6.07, 6.45) is 1.90. The average molecular weight is 395 g/mol. The molecule has 24 heavy (non-hydrogen) atoms. The van der Waals surface area contributed by atoms with Gasteiger partial charge in [0.1, 0.15) is 5.75 Å². The summed E-state index contributed by atoms with van der Waals surface area (Å²) in [5.74, 6) is 0.141. The van der Waals surface area contributed by atoms with Crippen LogP contribution in [0.2, 0.25) is 0 Å². The number of amides is 2. The molecule has 0 unspecified atom stereocenters. The van der Waals surface area contributed by atoms with Crippen molar-refractivity contribution in [2.45, 2.75) is 31.8 Å². The fourth-order valence-corrected chi connectivity index (χ4v) is 3.45. The second-order valence-corrected chi connectivity index (χ2v) is 6.78. The molecule has 2 aliphatic rings. The fourth-order valence-electron chi connectivity index (χ4n) is 3.07. The molecule has 3 rings (SSSR count). The highest BCUT2D eigenvalue weighted by Crippen LogP contribution is 2.40. The summed E-state index contributed by atoms with van der Waals surface area (Å²) in [6, 6.07) is 4.82. The van der Waals surface area contributed by atoms with Crippen LogP contribution in [-0.4, -0.2) is 37.2 Å². The molecule has 0 aromatic heterocycles. The Kier molecular flexibility index (Phi) is 4.54. The number of urea groups is 1. The van der Waals surface area contributed by atoms with Gasteiger partial charge in [0.25, 0.3) is 0 Å². The molecule has 1 atom stereocenters. The lowest BCUT2D eigenvalue weighted by molar-refractivity contribution is -0.136.